The second kappa shape index (κ2) is 3.33. The maximum atomic E-state index is 12.2. The number of carbonyl (C=O) groups excluding carboxylic acids is 1. The Balaban J connectivity index is 3.26. The van der Waals surface area contributed by atoms with E-state index in [-0.39, 0.29) is 12.3 Å². The summed E-state index contributed by atoms with van der Waals surface area (Å²) in [5, 5.41) is 0. The van der Waals surface area contributed by atoms with Crippen molar-refractivity contribution in [2.24, 2.45) is 11.5 Å². The average Bonchev–Trinajstić information content (AvgIpc) is 2.46. The van der Waals surface area contributed by atoms with Gasteiger partial charge in [0.05, 0.1) is 12.1 Å². The fourth-order valence-electron chi connectivity index (χ4n) is 0.936. The molecule has 1 amide bonds. The molecule has 4 nitrogen and oxygen atoms in total. The SMILES string of the molecule is NCc1cc(C(N)=O)c(C(F)(F)F)o1. The molecule has 14 heavy (non-hydrogen) atoms. The summed E-state index contributed by atoms with van der Waals surface area (Å²) in [7, 11) is 0. The van der Waals surface area contributed by atoms with Crippen LogP contribution in [0.3, 0.4) is 0 Å². The molecule has 0 bridgehead atoms. The molecule has 7 heteroatoms. The minimum atomic E-state index is -4.74. The van der Waals surface area contributed by atoms with Crippen LogP contribution in [0.25, 0.3) is 0 Å². The van der Waals surface area contributed by atoms with Gasteiger partial charge in [-0.3, -0.25) is 4.79 Å². The van der Waals surface area contributed by atoms with Gasteiger partial charge in [-0.25, -0.2) is 0 Å². The molecule has 78 valence electrons. The molecule has 0 saturated carbocycles. The number of hydrogen-bond acceptors (Lipinski definition) is 3. The Morgan fingerprint density at radius 1 is 1.50 bits per heavy atom. The van der Waals surface area contributed by atoms with E-state index in [1.54, 1.807) is 0 Å². The number of alkyl halides is 3. The smallest absolute Gasteiger partial charge is 0.450 e. The number of halogens is 3. The van der Waals surface area contributed by atoms with Crippen molar-refractivity contribution in [3.8, 4) is 0 Å². The van der Waals surface area contributed by atoms with Gasteiger partial charge in [-0.2, -0.15) is 13.2 Å². The van der Waals surface area contributed by atoms with Crippen molar-refractivity contribution in [3.63, 3.8) is 0 Å². The predicted molar refractivity (Wildman–Crippen MR) is 40.1 cm³/mol. The van der Waals surface area contributed by atoms with Crippen LogP contribution < -0.4 is 11.5 Å². The van der Waals surface area contributed by atoms with E-state index in [1.807, 2.05) is 0 Å². The first-order chi connectivity index (χ1) is 6.36. The lowest BCUT2D eigenvalue weighted by molar-refractivity contribution is -0.153. The van der Waals surface area contributed by atoms with Gasteiger partial charge in [-0.05, 0) is 6.07 Å². The minimum absolute atomic E-state index is 0.133. The van der Waals surface area contributed by atoms with Gasteiger partial charge < -0.3 is 15.9 Å². The van der Waals surface area contributed by atoms with E-state index >= 15 is 0 Å². The van der Waals surface area contributed by atoms with Gasteiger partial charge in [0.1, 0.15) is 5.76 Å². The summed E-state index contributed by atoms with van der Waals surface area (Å²) in [5.41, 5.74) is 9.11. The summed E-state index contributed by atoms with van der Waals surface area (Å²) in [6.07, 6.45) is -4.74. The highest BCUT2D eigenvalue weighted by atomic mass is 19.4. The second-order valence-electron chi connectivity index (χ2n) is 2.52. The Morgan fingerprint density at radius 3 is 2.36 bits per heavy atom. The Labute approximate surface area is 76.7 Å². The summed E-state index contributed by atoms with van der Waals surface area (Å²) in [4.78, 5) is 10.6. The summed E-state index contributed by atoms with van der Waals surface area (Å²) in [6, 6.07) is 0.894. The van der Waals surface area contributed by atoms with Crippen LogP contribution >= 0.6 is 0 Å². The monoisotopic (exact) mass is 208 g/mol. The molecule has 0 fully saturated rings. The summed E-state index contributed by atoms with van der Waals surface area (Å²) in [6.45, 7) is -0.226. The van der Waals surface area contributed by atoms with Gasteiger partial charge in [0.25, 0.3) is 5.91 Å². The first-order valence-corrected chi connectivity index (χ1v) is 3.56. The lowest BCUT2D eigenvalue weighted by Crippen LogP contribution is -2.16. The van der Waals surface area contributed by atoms with Gasteiger partial charge >= 0.3 is 6.18 Å². The van der Waals surface area contributed by atoms with E-state index in [4.69, 9.17) is 11.5 Å². The third-order valence-corrected chi connectivity index (χ3v) is 1.51. The molecule has 4 N–H and O–H groups in total. The first-order valence-electron chi connectivity index (χ1n) is 3.56. The summed E-state index contributed by atoms with van der Waals surface area (Å²) >= 11 is 0. The van der Waals surface area contributed by atoms with E-state index in [0.717, 1.165) is 6.07 Å². The van der Waals surface area contributed by atoms with Crippen molar-refractivity contribution in [1.82, 2.24) is 0 Å². The maximum Gasteiger partial charge on any atom is 0.450 e. The Kier molecular flexibility index (Phi) is 2.52. The zero-order valence-electron chi connectivity index (χ0n) is 6.89. The quantitative estimate of drug-likeness (QED) is 0.755. The zero-order valence-corrected chi connectivity index (χ0v) is 6.89. The normalized spacial score (nSPS) is 11.7. The third kappa shape index (κ3) is 1.87. The molecular weight excluding hydrogens is 201 g/mol. The highest BCUT2D eigenvalue weighted by Gasteiger charge is 2.39. The average molecular weight is 208 g/mol. The maximum absolute atomic E-state index is 12.2. The molecule has 0 unspecified atom stereocenters. The lowest BCUT2D eigenvalue weighted by atomic mass is 10.2. The predicted octanol–water partition coefficient (Wildman–Crippen LogP) is 0.856. The fraction of sp³-hybridized carbons (Fsp3) is 0.286. The highest BCUT2D eigenvalue weighted by molar-refractivity contribution is 5.94. The molecule has 1 heterocycles. The lowest BCUT2D eigenvalue weighted by Gasteiger charge is -2.03. The molecule has 1 aromatic heterocycles. The standard InChI is InChI=1S/C7H7F3N2O2/c8-7(9,10)5-4(6(12)13)1-3(2-11)14-5/h1H,2,11H2,(H2,12,13). The number of carbonyl (C=O) groups is 1. The Bertz CT molecular complexity index is 356. The van der Waals surface area contributed by atoms with Gasteiger partial charge in [0.15, 0.2) is 0 Å². The fourth-order valence-corrected chi connectivity index (χ4v) is 0.936. The molecule has 0 aliphatic heterocycles. The second-order valence-corrected chi connectivity index (χ2v) is 2.52. The van der Waals surface area contributed by atoms with E-state index < -0.39 is 23.4 Å². The summed E-state index contributed by atoms with van der Waals surface area (Å²) < 4.78 is 41.0. The van der Waals surface area contributed by atoms with Gasteiger partial charge in [0.2, 0.25) is 5.76 Å². The van der Waals surface area contributed by atoms with Crippen LogP contribution in [0.1, 0.15) is 21.9 Å². The topological polar surface area (TPSA) is 82.2 Å². The van der Waals surface area contributed by atoms with Crippen molar-refractivity contribution in [2.45, 2.75) is 12.7 Å². The molecule has 0 aromatic carbocycles. The van der Waals surface area contributed by atoms with Crippen molar-refractivity contribution < 1.29 is 22.4 Å². The van der Waals surface area contributed by atoms with Crippen molar-refractivity contribution in [3.05, 3.63) is 23.2 Å². The third-order valence-electron chi connectivity index (χ3n) is 1.51. The van der Waals surface area contributed by atoms with Crippen LogP contribution in [-0.4, -0.2) is 5.91 Å². The molecule has 1 aromatic rings. The van der Waals surface area contributed by atoms with Crippen LogP contribution in [0, 0.1) is 0 Å². The van der Waals surface area contributed by atoms with Gasteiger partial charge in [0, 0.05) is 0 Å². The Hall–Kier alpha value is -1.50. The van der Waals surface area contributed by atoms with Crippen LogP contribution in [0.2, 0.25) is 0 Å². The number of nitrogens with two attached hydrogens (primary N) is 2. The van der Waals surface area contributed by atoms with E-state index in [9.17, 15) is 18.0 Å². The van der Waals surface area contributed by atoms with Crippen molar-refractivity contribution >= 4 is 5.91 Å². The van der Waals surface area contributed by atoms with E-state index in [2.05, 4.69) is 4.42 Å². The Morgan fingerprint density at radius 2 is 2.07 bits per heavy atom. The van der Waals surface area contributed by atoms with Gasteiger partial charge in [-0.1, -0.05) is 0 Å². The minimum Gasteiger partial charge on any atom is -0.454 e. The largest absolute Gasteiger partial charge is 0.454 e. The molecule has 1 rings (SSSR count). The molecule has 0 saturated heterocycles. The number of primary amides is 1. The van der Waals surface area contributed by atoms with Crippen molar-refractivity contribution in [1.29, 1.82) is 0 Å². The van der Waals surface area contributed by atoms with Crippen LogP contribution in [0.5, 0.6) is 0 Å². The van der Waals surface area contributed by atoms with E-state index in [0.29, 0.717) is 0 Å². The van der Waals surface area contributed by atoms with Crippen molar-refractivity contribution in [2.75, 3.05) is 0 Å². The molecule has 0 radical (unpaired) electrons. The molecule has 0 atom stereocenters. The number of amides is 1. The van der Waals surface area contributed by atoms with E-state index in [1.165, 1.54) is 0 Å². The molecular formula is C7H7F3N2O2. The highest BCUT2D eigenvalue weighted by Crippen LogP contribution is 2.33. The number of hydrogen-bond donors (Lipinski definition) is 2. The molecule has 0 aliphatic rings. The molecule has 0 aliphatic carbocycles. The number of rotatable bonds is 2. The van der Waals surface area contributed by atoms with Crippen LogP contribution in [-0.2, 0) is 12.7 Å². The van der Waals surface area contributed by atoms with Crippen LogP contribution in [0.4, 0.5) is 13.2 Å². The zero-order chi connectivity index (χ0) is 10.9. The van der Waals surface area contributed by atoms with Crippen LogP contribution in [0.15, 0.2) is 10.5 Å². The number of furan rings is 1. The van der Waals surface area contributed by atoms with Gasteiger partial charge in [-0.15, -0.1) is 0 Å². The first kappa shape index (κ1) is 10.6. The summed E-state index contributed by atoms with van der Waals surface area (Å²) in [5.74, 6) is -2.72. The molecule has 0 spiro atoms.